The summed E-state index contributed by atoms with van der Waals surface area (Å²) in [6.45, 7) is 9.22. The number of carbonyl (C=O) groups is 2. The number of nitrogens with one attached hydrogen (secondary N) is 2. The number of aromatic amines is 1. The van der Waals surface area contributed by atoms with Crippen LogP contribution in [0.3, 0.4) is 0 Å². The Hall–Kier alpha value is -3.65. The van der Waals surface area contributed by atoms with Crippen molar-refractivity contribution in [2.24, 2.45) is 11.7 Å². The number of anilines is 1. The molecule has 3 aromatic rings. The second-order valence-electron chi connectivity index (χ2n) is 11.8. The number of nitrogens with two attached hydrogens (primary N) is 1. The number of piperidine rings is 1. The molecule has 2 aromatic carbocycles. The van der Waals surface area contributed by atoms with Gasteiger partial charge in [-0.15, -0.1) is 0 Å². The Labute approximate surface area is 280 Å². The number of amides is 2. The van der Waals surface area contributed by atoms with Crippen LogP contribution in [0.25, 0.3) is 12.2 Å². The summed E-state index contributed by atoms with van der Waals surface area (Å²) < 4.78 is 0. The van der Waals surface area contributed by atoms with E-state index in [-0.39, 0.29) is 11.8 Å². The van der Waals surface area contributed by atoms with Crippen LogP contribution < -0.4 is 16.0 Å². The predicted octanol–water partition coefficient (Wildman–Crippen LogP) is 7.37. The topological polar surface area (TPSA) is 94.5 Å². The summed E-state index contributed by atoms with van der Waals surface area (Å²) in [6.07, 6.45) is 15.5. The van der Waals surface area contributed by atoms with E-state index >= 15 is 0 Å². The van der Waals surface area contributed by atoms with Gasteiger partial charge in [0.2, 0.25) is 5.91 Å². The molecule has 2 aliphatic rings. The van der Waals surface area contributed by atoms with Gasteiger partial charge in [0.25, 0.3) is 5.91 Å². The smallest absolute Gasteiger partial charge is 0.253 e. The quantitative estimate of drug-likeness (QED) is 0.226. The van der Waals surface area contributed by atoms with E-state index in [2.05, 4.69) is 16.9 Å². The minimum Gasteiger partial charge on any atom is -0.361 e. The van der Waals surface area contributed by atoms with Gasteiger partial charge in [0, 0.05) is 59.8 Å². The maximum atomic E-state index is 12.8. The molecule has 1 aromatic heterocycles. The lowest BCUT2D eigenvalue weighted by atomic mass is 9.92. The van der Waals surface area contributed by atoms with Crippen LogP contribution in [-0.2, 0) is 17.6 Å². The molecule has 2 aliphatic heterocycles. The monoisotopic (exact) mass is 645 g/mol. The first-order valence-corrected chi connectivity index (χ1v) is 16.9. The van der Waals surface area contributed by atoms with Gasteiger partial charge in [-0.2, -0.15) is 0 Å². The van der Waals surface area contributed by atoms with E-state index in [4.69, 9.17) is 17.3 Å². The zero-order chi connectivity index (χ0) is 33.3. The number of H-pyrrole nitrogens is 1. The second kappa shape index (κ2) is 19.8. The summed E-state index contributed by atoms with van der Waals surface area (Å²) in [6, 6.07) is 15.4. The minimum atomic E-state index is 0.159. The second-order valence-corrected chi connectivity index (χ2v) is 12.2. The first-order valence-electron chi connectivity index (χ1n) is 16.5. The average Bonchev–Trinajstić information content (AvgIpc) is 3.48. The van der Waals surface area contributed by atoms with E-state index in [1.54, 1.807) is 0 Å². The van der Waals surface area contributed by atoms with Crippen LogP contribution in [0.5, 0.6) is 0 Å². The molecule has 0 spiro atoms. The fourth-order valence-electron chi connectivity index (χ4n) is 6.04. The summed E-state index contributed by atoms with van der Waals surface area (Å²) in [5, 5.41) is 3.48. The van der Waals surface area contributed by atoms with Crippen molar-refractivity contribution in [1.82, 2.24) is 15.2 Å². The fourth-order valence-corrected chi connectivity index (χ4v) is 6.24. The van der Waals surface area contributed by atoms with Crippen LogP contribution in [0.15, 0.2) is 67.4 Å². The maximum Gasteiger partial charge on any atom is 0.253 e. The van der Waals surface area contributed by atoms with E-state index < -0.39 is 0 Å². The van der Waals surface area contributed by atoms with Gasteiger partial charge in [0.1, 0.15) is 0 Å². The van der Waals surface area contributed by atoms with Crippen LogP contribution in [0.2, 0.25) is 5.02 Å². The highest BCUT2D eigenvalue weighted by Crippen LogP contribution is 2.30. The third kappa shape index (κ3) is 10.7. The maximum absolute atomic E-state index is 12.8. The summed E-state index contributed by atoms with van der Waals surface area (Å²) >= 11 is 6.08. The number of aromatic nitrogens is 1. The van der Waals surface area contributed by atoms with Crippen molar-refractivity contribution >= 4 is 41.3 Å². The van der Waals surface area contributed by atoms with Crippen LogP contribution in [0.4, 0.5) is 5.69 Å². The molecule has 2 amide bonds. The van der Waals surface area contributed by atoms with Crippen molar-refractivity contribution in [3.63, 3.8) is 0 Å². The molecule has 3 heterocycles. The Morgan fingerprint density at radius 3 is 2.48 bits per heavy atom. The highest BCUT2D eigenvalue weighted by Gasteiger charge is 2.24. The number of allylic oxidation sites excluding steroid dienone is 1. The lowest BCUT2D eigenvalue weighted by Crippen LogP contribution is -2.38. The summed E-state index contributed by atoms with van der Waals surface area (Å²) in [7, 11) is 3.75. The van der Waals surface area contributed by atoms with Gasteiger partial charge in [-0.05, 0) is 126 Å². The van der Waals surface area contributed by atoms with Crippen molar-refractivity contribution in [2.75, 3.05) is 45.2 Å². The Kier molecular flexibility index (Phi) is 15.8. The largest absolute Gasteiger partial charge is 0.361 e. The molecule has 248 valence electrons. The molecular weight excluding hydrogens is 594 g/mol. The number of nitrogens with zero attached hydrogens (tertiary/aromatic N) is 2. The van der Waals surface area contributed by atoms with Gasteiger partial charge in [0.15, 0.2) is 0 Å². The van der Waals surface area contributed by atoms with E-state index in [9.17, 15) is 9.59 Å². The van der Waals surface area contributed by atoms with Gasteiger partial charge in [-0.25, -0.2) is 0 Å². The third-order valence-electron chi connectivity index (χ3n) is 8.38. The van der Waals surface area contributed by atoms with Crippen LogP contribution in [-0.4, -0.2) is 62.0 Å². The molecule has 8 heteroatoms. The van der Waals surface area contributed by atoms with Gasteiger partial charge >= 0.3 is 0 Å². The molecule has 0 unspecified atom stereocenters. The van der Waals surface area contributed by atoms with Crippen molar-refractivity contribution in [1.29, 1.82) is 0 Å². The average molecular weight is 646 g/mol. The molecule has 1 fully saturated rings. The molecule has 0 radical (unpaired) electrons. The molecule has 0 saturated carbocycles. The molecule has 0 aliphatic carbocycles. The molecule has 7 nitrogen and oxygen atoms in total. The number of rotatable bonds is 9. The summed E-state index contributed by atoms with van der Waals surface area (Å²) in [5.41, 5.74) is 11.8. The summed E-state index contributed by atoms with van der Waals surface area (Å²) in [4.78, 5) is 32.2. The molecular formula is C38H52ClN5O2. The fraction of sp³-hybridized carbons (Fsp3) is 0.421. The Morgan fingerprint density at radius 1 is 1.11 bits per heavy atom. The summed E-state index contributed by atoms with van der Waals surface area (Å²) in [5.74, 6) is 1.09. The molecule has 4 N–H and O–H groups in total. The van der Waals surface area contributed by atoms with Crippen molar-refractivity contribution < 1.29 is 9.59 Å². The standard InChI is InChI=1S/C21H23ClN2O.C15H22N2O.C2H7N/c1-3-6-19-18(4-2)16(14-23-19)8-11-21(25)24-12-5-7-15-13-17(22)9-10-20(15)24;16-10-4-5-13-8-11-17(12-9-13)15(18)14-6-2-1-3-7-14;1-3-2/h3-4,6,9-10,13-14,23H,2,5,7-8,11-12H2,1H3;1-3,6-7,13H,4-5,8-12,16H2;3H,1-2H3/b6-3-;;. The van der Waals surface area contributed by atoms with Gasteiger partial charge in [-0.3, -0.25) is 9.59 Å². The Bertz CT molecular complexity index is 1410. The number of fused-ring (bicyclic) bond motifs is 1. The first-order chi connectivity index (χ1) is 22.4. The zero-order valence-electron chi connectivity index (χ0n) is 27.9. The number of benzene rings is 2. The third-order valence-corrected chi connectivity index (χ3v) is 8.62. The normalized spacial score (nSPS) is 14.5. The highest BCUT2D eigenvalue weighted by atomic mass is 35.5. The Morgan fingerprint density at radius 2 is 1.83 bits per heavy atom. The van der Waals surface area contributed by atoms with E-state index in [0.717, 1.165) is 103 Å². The lowest BCUT2D eigenvalue weighted by Gasteiger charge is -2.32. The van der Waals surface area contributed by atoms with Crippen molar-refractivity contribution in [3.05, 3.63) is 100 Å². The molecule has 46 heavy (non-hydrogen) atoms. The Balaban J connectivity index is 0.000000241. The number of hydrogen-bond donors (Lipinski definition) is 3. The van der Waals surface area contributed by atoms with E-state index in [1.165, 1.54) is 6.42 Å². The van der Waals surface area contributed by atoms with Crippen LogP contribution in [0.1, 0.15) is 78.2 Å². The van der Waals surface area contributed by atoms with Crippen LogP contribution >= 0.6 is 11.6 Å². The molecule has 5 rings (SSSR count). The SMILES string of the molecule is C=Cc1c(CCC(=O)N2CCCc3cc(Cl)ccc32)c[nH]c1/C=C\C.CNC.NCCCC1CCN(C(=O)c2ccccc2)CC1. The van der Waals surface area contributed by atoms with Gasteiger partial charge in [-0.1, -0.05) is 48.5 Å². The van der Waals surface area contributed by atoms with Gasteiger partial charge in [0.05, 0.1) is 0 Å². The highest BCUT2D eigenvalue weighted by molar-refractivity contribution is 6.30. The van der Waals surface area contributed by atoms with Gasteiger partial charge < -0.3 is 25.8 Å². The predicted molar refractivity (Wildman–Crippen MR) is 194 cm³/mol. The number of hydrogen-bond acceptors (Lipinski definition) is 4. The minimum absolute atomic E-state index is 0.159. The molecule has 0 bridgehead atoms. The zero-order valence-corrected chi connectivity index (χ0v) is 28.6. The van der Waals surface area contributed by atoms with Crippen molar-refractivity contribution in [2.45, 2.75) is 58.3 Å². The number of aryl methyl sites for hydroxylation is 2. The number of halogens is 1. The number of likely N-dealkylation sites (tertiary alicyclic amines) is 1. The van der Waals surface area contributed by atoms with E-state index in [0.29, 0.717) is 12.8 Å². The van der Waals surface area contributed by atoms with E-state index in [1.807, 2.05) is 104 Å². The number of carbonyl (C=O) groups excluding carboxylic acids is 2. The van der Waals surface area contributed by atoms with Crippen LogP contribution in [0, 0.1) is 5.92 Å². The van der Waals surface area contributed by atoms with Crippen molar-refractivity contribution in [3.8, 4) is 0 Å². The molecule has 1 saturated heterocycles. The lowest BCUT2D eigenvalue weighted by molar-refractivity contribution is -0.118. The first kappa shape index (κ1) is 36.8. The molecule has 0 atom stereocenters.